The Morgan fingerprint density at radius 1 is 1.10 bits per heavy atom. The first-order valence-corrected chi connectivity index (χ1v) is 10.1. The van der Waals surface area contributed by atoms with Crippen molar-refractivity contribution in [3.8, 4) is 0 Å². The van der Waals surface area contributed by atoms with Gasteiger partial charge in [-0.25, -0.2) is 0 Å². The van der Waals surface area contributed by atoms with Gasteiger partial charge in [-0.15, -0.1) is 0 Å². The molecule has 1 fully saturated rings. The van der Waals surface area contributed by atoms with E-state index in [-0.39, 0.29) is 17.9 Å². The standard InChI is InChI=1S/C24H25N3O2/c1-2-21-17-26(13-12-23(28)27(21)16-18-8-4-3-5-9-18)24(29)20-14-19-10-6-7-11-22(19)25-15-20/h3-11,14-15,21H,2,12-13,16-17H2,1H3. The molecule has 3 aromatic rings. The fourth-order valence-electron chi connectivity index (χ4n) is 3.92. The number of carbonyl (C=O) groups is 2. The maximum Gasteiger partial charge on any atom is 0.255 e. The highest BCUT2D eigenvalue weighted by Gasteiger charge is 2.31. The van der Waals surface area contributed by atoms with Gasteiger partial charge in [-0.3, -0.25) is 14.6 Å². The van der Waals surface area contributed by atoms with E-state index in [1.807, 2.05) is 70.5 Å². The largest absolute Gasteiger partial charge is 0.336 e. The van der Waals surface area contributed by atoms with Gasteiger partial charge in [-0.1, -0.05) is 55.5 Å². The van der Waals surface area contributed by atoms with Crippen LogP contribution in [0.25, 0.3) is 10.9 Å². The Balaban J connectivity index is 1.55. The third-order valence-corrected chi connectivity index (χ3v) is 5.58. The third-order valence-electron chi connectivity index (χ3n) is 5.58. The van der Waals surface area contributed by atoms with Crippen LogP contribution < -0.4 is 0 Å². The maximum absolute atomic E-state index is 13.2. The first-order chi connectivity index (χ1) is 14.2. The summed E-state index contributed by atoms with van der Waals surface area (Å²) in [4.78, 5) is 34.2. The Hall–Kier alpha value is -3.21. The zero-order chi connectivity index (χ0) is 20.2. The summed E-state index contributed by atoms with van der Waals surface area (Å²) in [5, 5.41) is 0.946. The number of nitrogens with zero attached hydrogens (tertiary/aromatic N) is 3. The van der Waals surface area contributed by atoms with Gasteiger partial charge in [0.15, 0.2) is 0 Å². The summed E-state index contributed by atoms with van der Waals surface area (Å²) in [6.45, 7) is 3.63. The average molecular weight is 387 g/mol. The monoisotopic (exact) mass is 387 g/mol. The number of amides is 2. The number of hydrogen-bond donors (Lipinski definition) is 0. The van der Waals surface area contributed by atoms with E-state index >= 15 is 0 Å². The smallest absolute Gasteiger partial charge is 0.255 e. The second-order valence-corrected chi connectivity index (χ2v) is 7.49. The molecule has 1 aliphatic heterocycles. The molecule has 1 atom stereocenters. The molecule has 5 nitrogen and oxygen atoms in total. The fraction of sp³-hybridized carbons (Fsp3) is 0.292. The van der Waals surface area contributed by atoms with Crippen molar-refractivity contribution in [2.75, 3.05) is 13.1 Å². The molecule has 0 radical (unpaired) electrons. The van der Waals surface area contributed by atoms with Gasteiger partial charge in [0.05, 0.1) is 11.1 Å². The summed E-state index contributed by atoms with van der Waals surface area (Å²) in [6, 6.07) is 19.7. The summed E-state index contributed by atoms with van der Waals surface area (Å²) < 4.78 is 0. The Morgan fingerprint density at radius 3 is 2.66 bits per heavy atom. The van der Waals surface area contributed by atoms with Crippen molar-refractivity contribution in [2.45, 2.75) is 32.4 Å². The molecule has 148 valence electrons. The van der Waals surface area contributed by atoms with Gasteiger partial charge in [0, 0.05) is 43.7 Å². The Kier molecular flexibility index (Phi) is 5.56. The predicted octanol–water partition coefficient (Wildman–Crippen LogP) is 3.89. The van der Waals surface area contributed by atoms with Gasteiger partial charge < -0.3 is 9.80 Å². The number of para-hydroxylation sites is 1. The highest BCUT2D eigenvalue weighted by Crippen LogP contribution is 2.20. The highest BCUT2D eigenvalue weighted by molar-refractivity contribution is 5.97. The van der Waals surface area contributed by atoms with Crippen molar-refractivity contribution in [3.05, 3.63) is 78.0 Å². The molecule has 5 heteroatoms. The molecule has 0 spiro atoms. The topological polar surface area (TPSA) is 53.5 Å². The van der Waals surface area contributed by atoms with Crippen LogP contribution in [0.5, 0.6) is 0 Å². The lowest BCUT2D eigenvalue weighted by Crippen LogP contribution is -2.43. The molecule has 0 N–H and O–H groups in total. The Bertz CT molecular complexity index is 1020. The summed E-state index contributed by atoms with van der Waals surface area (Å²) in [7, 11) is 0. The molecule has 0 bridgehead atoms. The zero-order valence-corrected chi connectivity index (χ0v) is 16.6. The molecule has 2 heterocycles. The molecule has 0 saturated carbocycles. The molecule has 1 aliphatic rings. The number of hydrogen-bond acceptors (Lipinski definition) is 3. The number of rotatable bonds is 4. The fourth-order valence-corrected chi connectivity index (χ4v) is 3.92. The van der Waals surface area contributed by atoms with Crippen molar-refractivity contribution >= 4 is 22.7 Å². The minimum atomic E-state index is -0.0592. The maximum atomic E-state index is 13.2. The molecule has 0 aliphatic carbocycles. The van der Waals surface area contributed by atoms with Gasteiger partial charge in [0.2, 0.25) is 5.91 Å². The quantitative estimate of drug-likeness (QED) is 0.682. The number of benzene rings is 2. The Morgan fingerprint density at radius 2 is 1.86 bits per heavy atom. The van der Waals surface area contributed by atoms with Crippen LogP contribution >= 0.6 is 0 Å². The van der Waals surface area contributed by atoms with E-state index in [0.717, 1.165) is 22.9 Å². The van der Waals surface area contributed by atoms with E-state index in [1.165, 1.54) is 0 Å². The number of pyridine rings is 1. The predicted molar refractivity (Wildman–Crippen MR) is 113 cm³/mol. The van der Waals surface area contributed by atoms with Crippen LogP contribution in [-0.2, 0) is 11.3 Å². The van der Waals surface area contributed by atoms with Gasteiger partial charge in [0.1, 0.15) is 0 Å². The first kappa shape index (κ1) is 19.1. The lowest BCUT2D eigenvalue weighted by Gasteiger charge is -2.31. The molecule has 1 saturated heterocycles. The SMILES string of the molecule is CCC1CN(C(=O)c2cnc3ccccc3c2)CCC(=O)N1Cc1ccccc1. The molecule has 2 aromatic carbocycles. The lowest BCUT2D eigenvalue weighted by atomic mass is 10.1. The van der Waals surface area contributed by atoms with E-state index in [0.29, 0.717) is 31.6 Å². The van der Waals surface area contributed by atoms with E-state index in [2.05, 4.69) is 11.9 Å². The summed E-state index contributed by atoms with van der Waals surface area (Å²) in [5.74, 6) is 0.0451. The number of carbonyl (C=O) groups excluding carboxylic acids is 2. The minimum Gasteiger partial charge on any atom is -0.336 e. The van der Waals surface area contributed by atoms with Gasteiger partial charge in [0.25, 0.3) is 5.91 Å². The second kappa shape index (κ2) is 8.43. The van der Waals surface area contributed by atoms with Crippen molar-refractivity contribution in [2.24, 2.45) is 0 Å². The molecule has 4 rings (SSSR count). The van der Waals surface area contributed by atoms with Crippen LogP contribution in [-0.4, -0.2) is 45.7 Å². The normalized spacial score (nSPS) is 17.4. The molecular formula is C24H25N3O2. The van der Waals surface area contributed by atoms with Crippen LogP contribution in [0.2, 0.25) is 0 Å². The van der Waals surface area contributed by atoms with Crippen molar-refractivity contribution < 1.29 is 9.59 Å². The minimum absolute atomic E-state index is 0.00238. The summed E-state index contributed by atoms with van der Waals surface area (Å²) >= 11 is 0. The van der Waals surface area contributed by atoms with Gasteiger partial charge in [-0.05, 0) is 24.1 Å². The number of fused-ring (bicyclic) bond motifs is 1. The van der Waals surface area contributed by atoms with Crippen molar-refractivity contribution in [1.82, 2.24) is 14.8 Å². The van der Waals surface area contributed by atoms with E-state index in [9.17, 15) is 9.59 Å². The number of aromatic nitrogens is 1. The van der Waals surface area contributed by atoms with E-state index < -0.39 is 0 Å². The lowest BCUT2D eigenvalue weighted by molar-refractivity contribution is -0.133. The van der Waals surface area contributed by atoms with E-state index in [4.69, 9.17) is 0 Å². The van der Waals surface area contributed by atoms with E-state index in [1.54, 1.807) is 6.20 Å². The average Bonchev–Trinajstić information content (AvgIpc) is 2.92. The van der Waals surface area contributed by atoms with Crippen LogP contribution in [0.15, 0.2) is 66.9 Å². The molecule has 2 amide bonds. The van der Waals surface area contributed by atoms with Crippen molar-refractivity contribution in [1.29, 1.82) is 0 Å². The molecule has 29 heavy (non-hydrogen) atoms. The molecule has 1 aromatic heterocycles. The molecular weight excluding hydrogens is 362 g/mol. The van der Waals surface area contributed by atoms with Crippen LogP contribution in [0.4, 0.5) is 0 Å². The van der Waals surface area contributed by atoms with Crippen LogP contribution in [0.1, 0.15) is 35.7 Å². The van der Waals surface area contributed by atoms with Crippen LogP contribution in [0.3, 0.4) is 0 Å². The Labute approximate surface area is 171 Å². The van der Waals surface area contributed by atoms with Crippen LogP contribution in [0, 0.1) is 0 Å². The summed E-state index contributed by atoms with van der Waals surface area (Å²) in [5.41, 5.74) is 2.55. The first-order valence-electron chi connectivity index (χ1n) is 10.1. The highest BCUT2D eigenvalue weighted by atomic mass is 16.2. The van der Waals surface area contributed by atoms with Gasteiger partial charge >= 0.3 is 0 Å². The second-order valence-electron chi connectivity index (χ2n) is 7.49. The zero-order valence-electron chi connectivity index (χ0n) is 16.6. The third kappa shape index (κ3) is 4.14. The summed E-state index contributed by atoms with van der Waals surface area (Å²) in [6.07, 6.45) is 2.79. The van der Waals surface area contributed by atoms with Gasteiger partial charge in [-0.2, -0.15) is 0 Å². The van der Waals surface area contributed by atoms with Crippen molar-refractivity contribution in [3.63, 3.8) is 0 Å². The molecule has 1 unspecified atom stereocenters.